The molecule has 30 heavy (non-hydrogen) atoms. The number of hydrogen-bond acceptors (Lipinski definition) is 5. The van der Waals surface area contributed by atoms with Crippen LogP contribution in [-0.4, -0.2) is 50.4 Å². The molecule has 8 heteroatoms. The van der Waals surface area contributed by atoms with Crippen molar-refractivity contribution in [2.45, 2.75) is 25.4 Å². The SMILES string of the molecule is C=Cc1cccc(NC(=O)CN(C(=O)Cn2nc(C=O)c3ccccc32)C2CC2)n1. The molecule has 1 fully saturated rings. The molecule has 1 aromatic carbocycles. The van der Waals surface area contributed by atoms with Crippen LogP contribution in [0.15, 0.2) is 49.0 Å². The number of hydrogen-bond donors (Lipinski definition) is 1. The van der Waals surface area contributed by atoms with Gasteiger partial charge < -0.3 is 10.2 Å². The smallest absolute Gasteiger partial charge is 0.245 e. The van der Waals surface area contributed by atoms with Gasteiger partial charge in [-0.1, -0.05) is 30.8 Å². The van der Waals surface area contributed by atoms with Crippen molar-refractivity contribution in [3.8, 4) is 0 Å². The first-order chi connectivity index (χ1) is 14.6. The van der Waals surface area contributed by atoms with Crippen LogP contribution < -0.4 is 5.32 Å². The summed E-state index contributed by atoms with van der Waals surface area (Å²) in [4.78, 5) is 42.7. The number of carbonyl (C=O) groups is 3. The molecule has 8 nitrogen and oxygen atoms in total. The summed E-state index contributed by atoms with van der Waals surface area (Å²) in [7, 11) is 0. The molecule has 3 aromatic rings. The van der Waals surface area contributed by atoms with Gasteiger partial charge in [0.05, 0.1) is 11.2 Å². The first-order valence-corrected chi connectivity index (χ1v) is 9.68. The zero-order chi connectivity index (χ0) is 21.1. The lowest BCUT2D eigenvalue weighted by Gasteiger charge is -2.22. The van der Waals surface area contributed by atoms with Crippen molar-refractivity contribution >= 4 is 40.9 Å². The van der Waals surface area contributed by atoms with Crippen molar-refractivity contribution in [1.29, 1.82) is 0 Å². The third kappa shape index (κ3) is 4.12. The molecule has 1 N–H and O–H groups in total. The van der Waals surface area contributed by atoms with Crippen LogP contribution >= 0.6 is 0 Å². The average Bonchev–Trinajstić information content (AvgIpc) is 3.54. The van der Waals surface area contributed by atoms with Gasteiger partial charge in [-0.2, -0.15) is 5.10 Å². The zero-order valence-corrected chi connectivity index (χ0v) is 16.3. The highest BCUT2D eigenvalue weighted by molar-refractivity contribution is 5.96. The monoisotopic (exact) mass is 403 g/mol. The highest BCUT2D eigenvalue weighted by Gasteiger charge is 2.34. The number of aromatic nitrogens is 3. The number of aldehydes is 1. The highest BCUT2D eigenvalue weighted by atomic mass is 16.2. The number of nitrogens with one attached hydrogen (secondary N) is 1. The molecule has 4 rings (SSSR count). The van der Waals surface area contributed by atoms with Crippen molar-refractivity contribution in [1.82, 2.24) is 19.7 Å². The molecule has 1 aliphatic carbocycles. The molecule has 152 valence electrons. The number of pyridine rings is 1. The molecule has 0 radical (unpaired) electrons. The lowest BCUT2D eigenvalue weighted by Crippen LogP contribution is -2.41. The molecule has 0 unspecified atom stereocenters. The molecule has 2 aromatic heterocycles. The molecule has 2 heterocycles. The van der Waals surface area contributed by atoms with Gasteiger partial charge in [0.2, 0.25) is 11.8 Å². The Bertz CT molecular complexity index is 1130. The summed E-state index contributed by atoms with van der Waals surface area (Å²) in [5, 5.41) is 7.69. The van der Waals surface area contributed by atoms with Gasteiger partial charge in [0.25, 0.3) is 0 Å². The fraction of sp³-hybridized carbons (Fsp3) is 0.227. The topological polar surface area (TPSA) is 97.2 Å². The minimum absolute atomic E-state index is 0.0394. The third-order valence-corrected chi connectivity index (χ3v) is 4.95. The van der Waals surface area contributed by atoms with Crippen LogP contribution in [0.3, 0.4) is 0 Å². The van der Waals surface area contributed by atoms with E-state index in [1.807, 2.05) is 18.2 Å². The largest absolute Gasteiger partial charge is 0.329 e. The Kier molecular flexibility index (Phi) is 5.38. The summed E-state index contributed by atoms with van der Waals surface area (Å²) in [5.74, 6) is -0.122. The Hall–Kier alpha value is -3.81. The number of para-hydroxylation sites is 1. The van der Waals surface area contributed by atoms with Crippen molar-refractivity contribution < 1.29 is 14.4 Å². The van der Waals surface area contributed by atoms with Gasteiger partial charge in [-0.3, -0.25) is 19.1 Å². The number of amides is 2. The van der Waals surface area contributed by atoms with Crippen LogP contribution in [0.25, 0.3) is 17.0 Å². The number of carbonyl (C=O) groups excluding carboxylic acids is 3. The summed E-state index contributed by atoms with van der Waals surface area (Å²) in [6, 6.07) is 12.5. The second kappa shape index (κ2) is 8.28. The normalized spacial score (nSPS) is 13.1. The van der Waals surface area contributed by atoms with Gasteiger partial charge in [0.15, 0.2) is 6.29 Å². The molecule has 1 saturated carbocycles. The number of fused-ring (bicyclic) bond motifs is 1. The van der Waals surface area contributed by atoms with E-state index in [-0.39, 0.29) is 30.9 Å². The molecular formula is C22H21N5O3. The highest BCUT2D eigenvalue weighted by Crippen LogP contribution is 2.27. The number of benzene rings is 1. The van der Waals surface area contributed by atoms with Gasteiger partial charge in [-0.15, -0.1) is 0 Å². The van der Waals surface area contributed by atoms with Crippen molar-refractivity contribution in [2.24, 2.45) is 0 Å². The van der Waals surface area contributed by atoms with E-state index >= 15 is 0 Å². The van der Waals surface area contributed by atoms with Crippen LogP contribution in [0, 0.1) is 0 Å². The van der Waals surface area contributed by atoms with E-state index in [1.54, 1.807) is 35.2 Å². The minimum atomic E-state index is -0.317. The van der Waals surface area contributed by atoms with Gasteiger partial charge in [0.1, 0.15) is 24.6 Å². The van der Waals surface area contributed by atoms with Crippen LogP contribution in [0.2, 0.25) is 0 Å². The molecular weight excluding hydrogens is 382 g/mol. The Morgan fingerprint density at radius 2 is 2.00 bits per heavy atom. The summed E-state index contributed by atoms with van der Waals surface area (Å²) < 4.78 is 1.52. The maximum absolute atomic E-state index is 13.0. The van der Waals surface area contributed by atoms with Gasteiger partial charge in [-0.25, -0.2) is 4.98 Å². The van der Waals surface area contributed by atoms with E-state index in [0.29, 0.717) is 34.4 Å². The molecule has 2 amide bonds. The van der Waals surface area contributed by atoms with E-state index in [9.17, 15) is 14.4 Å². The summed E-state index contributed by atoms with van der Waals surface area (Å²) in [6.45, 7) is 3.56. The lowest BCUT2D eigenvalue weighted by molar-refractivity contribution is -0.135. The molecule has 0 bridgehead atoms. The average molecular weight is 403 g/mol. The summed E-state index contributed by atoms with van der Waals surface area (Å²) in [5.41, 5.74) is 1.65. The van der Waals surface area contributed by atoms with Crippen LogP contribution in [0.4, 0.5) is 5.82 Å². The predicted molar refractivity (Wildman–Crippen MR) is 113 cm³/mol. The number of nitrogens with zero attached hydrogens (tertiary/aromatic N) is 4. The summed E-state index contributed by atoms with van der Waals surface area (Å²) in [6.07, 6.45) is 4.00. The van der Waals surface area contributed by atoms with E-state index in [0.717, 1.165) is 12.8 Å². The number of anilines is 1. The molecule has 1 aliphatic rings. The van der Waals surface area contributed by atoms with E-state index < -0.39 is 0 Å². The fourth-order valence-corrected chi connectivity index (χ4v) is 3.36. The first-order valence-electron chi connectivity index (χ1n) is 9.68. The molecule has 0 spiro atoms. The first kappa shape index (κ1) is 19.5. The number of rotatable bonds is 8. The van der Waals surface area contributed by atoms with Crippen LogP contribution in [0.5, 0.6) is 0 Å². The van der Waals surface area contributed by atoms with Crippen molar-refractivity contribution in [2.75, 3.05) is 11.9 Å². The van der Waals surface area contributed by atoms with Gasteiger partial charge >= 0.3 is 0 Å². The maximum Gasteiger partial charge on any atom is 0.245 e. The van der Waals surface area contributed by atoms with Gasteiger partial charge in [0, 0.05) is 11.4 Å². The molecule has 0 atom stereocenters. The van der Waals surface area contributed by atoms with Crippen molar-refractivity contribution in [3.63, 3.8) is 0 Å². The summed E-state index contributed by atoms with van der Waals surface area (Å²) >= 11 is 0. The quantitative estimate of drug-likeness (QED) is 0.583. The third-order valence-electron chi connectivity index (χ3n) is 4.95. The second-order valence-corrected chi connectivity index (χ2v) is 7.13. The zero-order valence-electron chi connectivity index (χ0n) is 16.3. The maximum atomic E-state index is 13.0. The Labute approximate surface area is 173 Å². The Morgan fingerprint density at radius 3 is 2.73 bits per heavy atom. The van der Waals surface area contributed by atoms with Gasteiger partial charge in [-0.05, 0) is 37.1 Å². The Morgan fingerprint density at radius 1 is 1.20 bits per heavy atom. The van der Waals surface area contributed by atoms with E-state index in [2.05, 4.69) is 22.0 Å². The predicted octanol–water partition coefficient (Wildman–Crippen LogP) is 2.52. The van der Waals surface area contributed by atoms with Crippen LogP contribution in [0.1, 0.15) is 29.0 Å². The molecule has 0 aliphatic heterocycles. The van der Waals surface area contributed by atoms with E-state index in [1.165, 1.54) is 4.68 Å². The standard InChI is InChI=1S/C22H21N5O3/c1-2-15-6-5-9-20(23-15)24-21(29)12-26(16-10-11-16)22(30)13-27-19-8-4-3-7-17(19)18(14-28)25-27/h2-9,14,16H,1,10-13H2,(H,23,24,29). The Balaban J connectivity index is 1.48. The molecule has 0 saturated heterocycles. The van der Waals surface area contributed by atoms with E-state index in [4.69, 9.17) is 0 Å². The fourth-order valence-electron chi connectivity index (χ4n) is 3.36. The second-order valence-electron chi connectivity index (χ2n) is 7.13. The minimum Gasteiger partial charge on any atom is -0.329 e. The van der Waals surface area contributed by atoms with Crippen LogP contribution in [-0.2, 0) is 16.1 Å². The van der Waals surface area contributed by atoms with Crippen molar-refractivity contribution in [3.05, 3.63) is 60.4 Å². The lowest BCUT2D eigenvalue weighted by atomic mass is 10.2.